The van der Waals surface area contributed by atoms with Crippen LogP contribution in [0.25, 0.3) is 16.5 Å². The molecule has 21 heavy (non-hydrogen) atoms. The zero-order valence-corrected chi connectivity index (χ0v) is 11.5. The fraction of sp³-hybridized carbons (Fsp3) is 0.200. The van der Waals surface area contributed by atoms with Crippen molar-refractivity contribution in [3.63, 3.8) is 0 Å². The van der Waals surface area contributed by atoms with Crippen LogP contribution in [0.3, 0.4) is 0 Å². The standard InChI is InChI=1S/C15H13F3N2O/c1-20(2)9-12(14(21)15(16,17)18)10-7-8-19-13-6-4-3-5-11(10)13/h3-9H,1-2H3/b12-9+. The summed E-state index contributed by atoms with van der Waals surface area (Å²) in [4.78, 5) is 17.2. The number of pyridine rings is 1. The molecule has 1 heterocycles. The molecule has 0 radical (unpaired) electrons. The number of ketones is 1. The first-order valence-corrected chi connectivity index (χ1v) is 6.14. The number of halogens is 3. The maximum Gasteiger partial charge on any atom is 0.454 e. The monoisotopic (exact) mass is 294 g/mol. The minimum Gasteiger partial charge on any atom is -0.383 e. The van der Waals surface area contributed by atoms with E-state index in [1.54, 1.807) is 38.4 Å². The van der Waals surface area contributed by atoms with Gasteiger partial charge in [0.1, 0.15) is 0 Å². The normalized spacial score (nSPS) is 12.5. The number of rotatable bonds is 3. The second-order valence-electron chi connectivity index (χ2n) is 4.71. The third kappa shape index (κ3) is 3.21. The summed E-state index contributed by atoms with van der Waals surface area (Å²) in [6, 6.07) is 8.18. The van der Waals surface area contributed by atoms with E-state index in [0.717, 1.165) is 0 Å². The molecule has 0 N–H and O–H groups in total. The van der Waals surface area contributed by atoms with E-state index in [1.165, 1.54) is 23.4 Å². The van der Waals surface area contributed by atoms with Crippen LogP contribution in [0.2, 0.25) is 0 Å². The first kappa shape index (κ1) is 15.0. The summed E-state index contributed by atoms with van der Waals surface area (Å²) >= 11 is 0. The van der Waals surface area contributed by atoms with Crippen molar-refractivity contribution in [2.75, 3.05) is 14.1 Å². The molecule has 0 bridgehead atoms. The Morgan fingerprint density at radius 1 is 1.19 bits per heavy atom. The van der Waals surface area contributed by atoms with Crippen LogP contribution in [0.15, 0.2) is 42.7 Å². The third-order valence-electron chi connectivity index (χ3n) is 2.83. The zero-order valence-electron chi connectivity index (χ0n) is 11.5. The highest BCUT2D eigenvalue weighted by Gasteiger charge is 2.41. The first-order valence-electron chi connectivity index (χ1n) is 6.14. The van der Waals surface area contributed by atoms with Crippen LogP contribution >= 0.6 is 0 Å². The number of fused-ring (bicyclic) bond motifs is 1. The van der Waals surface area contributed by atoms with Crippen LogP contribution in [0.4, 0.5) is 13.2 Å². The Bertz CT molecular complexity index is 700. The lowest BCUT2D eigenvalue weighted by atomic mass is 9.98. The van der Waals surface area contributed by atoms with Gasteiger partial charge >= 0.3 is 6.18 Å². The molecule has 6 heteroatoms. The van der Waals surface area contributed by atoms with Crippen molar-refractivity contribution in [3.05, 3.63) is 48.3 Å². The first-order chi connectivity index (χ1) is 9.80. The Morgan fingerprint density at radius 2 is 1.86 bits per heavy atom. The van der Waals surface area contributed by atoms with Gasteiger partial charge in [-0.05, 0) is 17.7 Å². The number of aromatic nitrogens is 1. The van der Waals surface area contributed by atoms with Gasteiger partial charge in [-0.25, -0.2) is 0 Å². The van der Waals surface area contributed by atoms with E-state index in [2.05, 4.69) is 4.98 Å². The number of alkyl halides is 3. The highest BCUT2D eigenvalue weighted by atomic mass is 19.4. The van der Waals surface area contributed by atoms with E-state index in [0.29, 0.717) is 10.9 Å². The number of carbonyl (C=O) groups excluding carboxylic acids is 1. The number of nitrogens with zero attached hydrogens (tertiary/aromatic N) is 2. The topological polar surface area (TPSA) is 33.2 Å². The molecule has 0 saturated heterocycles. The number of para-hydroxylation sites is 1. The van der Waals surface area contributed by atoms with E-state index in [-0.39, 0.29) is 5.56 Å². The fourth-order valence-electron chi connectivity index (χ4n) is 1.99. The highest BCUT2D eigenvalue weighted by molar-refractivity contribution is 6.25. The molecule has 0 atom stereocenters. The Kier molecular flexibility index (Phi) is 3.97. The molecule has 0 aliphatic rings. The molecule has 0 saturated carbocycles. The SMILES string of the molecule is CN(C)/C=C(/C(=O)C(F)(F)F)c1ccnc2ccccc12. The molecule has 0 unspecified atom stereocenters. The van der Waals surface area contributed by atoms with Crippen LogP contribution < -0.4 is 0 Å². The summed E-state index contributed by atoms with van der Waals surface area (Å²) in [6.45, 7) is 0. The number of benzene rings is 1. The minimum atomic E-state index is -4.92. The molecule has 0 spiro atoms. The number of allylic oxidation sites excluding steroid dienone is 1. The van der Waals surface area contributed by atoms with Crippen molar-refractivity contribution in [3.8, 4) is 0 Å². The summed E-state index contributed by atoms with van der Waals surface area (Å²) in [6.07, 6.45) is -2.35. The second-order valence-corrected chi connectivity index (χ2v) is 4.71. The summed E-state index contributed by atoms with van der Waals surface area (Å²) in [7, 11) is 3.13. The molecule has 0 amide bonds. The minimum absolute atomic E-state index is 0.219. The molecule has 1 aromatic heterocycles. The molecule has 0 fully saturated rings. The Balaban J connectivity index is 2.69. The van der Waals surface area contributed by atoms with Gasteiger partial charge in [-0.15, -0.1) is 0 Å². The van der Waals surface area contributed by atoms with E-state index in [9.17, 15) is 18.0 Å². The zero-order chi connectivity index (χ0) is 15.6. The van der Waals surface area contributed by atoms with Crippen LogP contribution in [-0.2, 0) is 4.79 Å². The largest absolute Gasteiger partial charge is 0.454 e. The Labute approximate surface area is 119 Å². The summed E-state index contributed by atoms with van der Waals surface area (Å²) in [5, 5.41) is 0.505. The fourth-order valence-corrected chi connectivity index (χ4v) is 1.99. The van der Waals surface area contributed by atoms with Crippen molar-refractivity contribution in [1.29, 1.82) is 0 Å². The van der Waals surface area contributed by atoms with E-state index in [4.69, 9.17) is 0 Å². The van der Waals surface area contributed by atoms with Crippen LogP contribution in [0, 0.1) is 0 Å². The number of hydrogen-bond donors (Lipinski definition) is 0. The van der Waals surface area contributed by atoms with Gasteiger partial charge in [0.05, 0.1) is 11.1 Å². The van der Waals surface area contributed by atoms with Gasteiger partial charge in [-0.2, -0.15) is 13.2 Å². The van der Waals surface area contributed by atoms with Gasteiger partial charge in [0, 0.05) is 31.9 Å². The Morgan fingerprint density at radius 3 is 2.48 bits per heavy atom. The summed E-state index contributed by atoms with van der Waals surface area (Å²) < 4.78 is 38.4. The van der Waals surface area contributed by atoms with Crippen molar-refractivity contribution < 1.29 is 18.0 Å². The predicted molar refractivity (Wildman–Crippen MR) is 74.5 cm³/mol. The second kappa shape index (κ2) is 5.55. The molecular weight excluding hydrogens is 281 g/mol. The van der Waals surface area contributed by atoms with Gasteiger partial charge in [0.25, 0.3) is 5.78 Å². The predicted octanol–water partition coefficient (Wildman–Crippen LogP) is 3.27. The lowest BCUT2D eigenvalue weighted by Crippen LogP contribution is -2.25. The number of carbonyl (C=O) groups is 1. The maximum atomic E-state index is 12.8. The lowest BCUT2D eigenvalue weighted by Gasteiger charge is -2.14. The molecule has 1 aromatic carbocycles. The van der Waals surface area contributed by atoms with Gasteiger partial charge in [-0.3, -0.25) is 9.78 Å². The quantitative estimate of drug-likeness (QED) is 0.815. The molecule has 0 aliphatic heterocycles. The lowest BCUT2D eigenvalue weighted by molar-refractivity contribution is -0.164. The van der Waals surface area contributed by atoms with Gasteiger partial charge in [0.2, 0.25) is 0 Å². The van der Waals surface area contributed by atoms with Crippen molar-refractivity contribution >= 4 is 22.3 Å². The van der Waals surface area contributed by atoms with Crippen molar-refractivity contribution in [2.24, 2.45) is 0 Å². The van der Waals surface area contributed by atoms with E-state index < -0.39 is 17.5 Å². The molecular formula is C15H13F3N2O. The van der Waals surface area contributed by atoms with Gasteiger partial charge < -0.3 is 4.90 Å². The molecule has 0 aliphatic carbocycles. The van der Waals surface area contributed by atoms with Crippen LogP contribution in [0.5, 0.6) is 0 Å². The average molecular weight is 294 g/mol. The van der Waals surface area contributed by atoms with Crippen LogP contribution in [-0.4, -0.2) is 35.9 Å². The van der Waals surface area contributed by atoms with Gasteiger partial charge in [0.15, 0.2) is 0 Å². The Hall–Kier alpha value is -2.37. The van der Waals surface area contributed by atoms with Crippen molar-refractivity contribution in [2.45, 2.75) is 6.18 Å². The molecule has 110 valence electrons. The molecule has 2 rings (SSSR count). The number of Topliss-reactive ketones (excluding diaryl/α,β-unsaturated/α-hetero) is 1. The van der Waals surface area contributed by atoms with Crippen LogP contribution in [0.1, 0.15) is 5.56 Å². The van der Waals surface area contributed by atoms with Gasteiger partial charge in [-0.1, -0.05) is 18.2 Å². The highest BCUT2D eigenvalue weighted by Crippen LogP contribution is 2.30. The van der Waals surface area contributed by atoms with E-state index >= 15 is 0 Å². The third-order valence-corrected chi connectivity index (χ3v) is 2.83. The number of hydrogen-bond acceptors (Lipinski definition) is 3. The average Bonchev–Trinajstić information content (AvgIpc) is 2.42. The maximum absolute atomic E-state index is 12.8. The van der Waals surface area contributed by atoms with Crippen molar-refractivity contribution in [1.82, 2.24) is 9.88 Å². The molecule has 2 aromatic rings. The summed E-state index contributed by atoms with van der Waals surface area (Å²) in [5.74, 6) is -1.87. The molecule has 3 nitrogen and oxygen atoms in total. The smallest absolute Gasteiger partial charge is 0.383 e. The van der Waals surface area contributed by atoms with E-state index in [1.807, 2.05) is 0 Å². The summed E-state index contributed by atoms with van der Waals surface area (Å²) in [5.41, 5.74) is 0.359.